The predicted octanol–water partition coefficient (Wildman–Crippen LogP) is 0.687. The topological polar surface area (TPSA) is 77.4 Å². The Kier molecular flexibility index (Phi) is 5.10. The Morgan fingerprint density at radius 1 is 1.27 bits per heavy atom. The zero-order chi connectivity index (χ0) is 17.9. The van der Waals surface area contributed by atoms with Gasteiger partial charge in [-0.2, -0.15) is 0 Å². The molecule has 0 spiro atoms. The number of aromatic nitrogens is 3. The summed E-state index contributed by atoms with van der Waals surface area (Å²) in [5, 5.41) is 12.8. The molecule has 7 nitrogen and oxygen atoms in total. The molecule has 7 heteroatoms. The van der Waals surface area contributed by atoms with Crippen LogP contribution in [0.4, 0.5) is 5.82 Å². The van der Waals surface area contributed by atoms with Crippen LogP contribution in [-0.4, -0.2) is 70.8 Å². The summed E-state index contributed by atoms with van der Waals surface area (Å²) in [7, 11) is 2.14. The summed E-state index contributed by atoms with van der Waals surface area (Å²) >= 11 is 0. The third-order valence-electron chi connectivity index (χ3n) is 5.35. The van der Waals surface area contributed by atoms with E-state index in [1.54, 1.807) is 6.20 Å². The second kappa shape index (κ2) is 7.65. The lowest BCUT2D eigenvalue weighted by molar-refractivity contribution is 0.170. The number of fused-ring (bicyclic) bond motifs is 1. The molecule has 0 amide bonds. The van der Waals surface area contributed by atoms with Crippen molar-refractivity contribution in [1.29, 1.82) is 0 Å². The van der Waals surface area contributed by atoms with Crippen LogP contribution in [0.25, 0.3) is 11.5 Å². The van der Waals surface area contributed by atoms with Crippen molar-refractivity contribution in [2.75, 3.05) is 44.7 Å². The van der Waals surface area contributed by atoms with E-state index in [4.69, 9.17) is 9.97 Å². The Bertz CT molecular complexity index is 753. The summed E-state index contributed by atoms with van der Waals surface area (Å²) in [6.07, 6.45) is 3.52. The number of hydrogen-bond donors (Lipinski definition) is 2. The van der Waals surface area contributed by atoms with Crippen LogP contribution in [0.2, 0.25) is 0 Å². The largest absolute Gasteiger partial charge is 0.396 e. The van der Waals surface area contributed by atoms with Crippen LogP contribution in [0.1, 0.15) is 17.7 Å². The molecular formula is C19H26N6O. The highest BCUT2D eigenvalue weighted by atomic mass is 16.3. The summed E-state index contributed by atoms with van der Waals surface area (Å²) < 4.78 is 0. The molecule has 2 aromatic heterocycles. The van der Waals surface area contributed by atoms with Gasteiger partial charge < -0.3 is 15.3 Å². The molecule has 1 saturated heterocycles. The number of piperazine rings is 1. The van der Waals surface area contributed by atoms with Crippen LogP contribution >= 0.6 is 0 Å². The monoisotopic (exact) mass is 354 g/mol. The molecule has 0 bridgehead atoms. The van der Waals surface area contributed by atoms with E-state index in [-0.39, 0.29) is 6.61 Å². The zero-order valence-electron chi connectivity index (χ0n) is 15.2. The van der Waals surface area contributed by atoms with Gasteiger partial charge in [-0.15, -0.1) is 0 Å². The van der Waals surface area contributed by atoms with Gasteiger partial charge in [0.05, 0.1) is 5.69 Å². The molecule has 4 heterocycles. The fraction of sp³-hybridized carbons (Fsp3) is 0.526. The van der Waals surface area contributed by atoms with Crippen molar-refractivity contribution >= 4 is 5.82 Å². The summed E-state index contributed by atoms with van der Waals surface area (Å²) in [6, 6.07) is 6.18. The van der Waals surface area contributed by atoms with Gasteiger partial charge in [-0.05, 0) is 38.6 Å². The molecule has 0 radical (unpaired) electrons. The lowest BCUT2D eigenvalue weighted by atomic mass is 10.0. The average molecular weight is 354 g/mol. The fourth-order valence-electron chi connectivity index (χ4n) is 3.81. The fourth-order valence-corrected chi connectivity index (χ4v) is 3.81. The van der Waals surface area contributed by atoms with Crippen molar-refractivity contribution in [1.82, 2.24) is 25.2 Å². The highest BCUT2D eigenvalue weighted by Gasteiger charge is 2.28. The molecule has 0 saturated carbocycles. The minimum absolute atomic E-state index is 0.216. The summed E-state index contributed by atoms with van der Waals surface area (Å²) in [5.74, 6) is 1.74. The maximum absolute atomic E-state index is 9.39. The number of anilines is 1. The highest BCUT2D eigenvalue weighted by molar-refractivity contribution is 5.58. The summed E-state index contributed by atoms with van der Waals surface area (Å²) in [6.45, 7) is 4.75. The number of nitrogens with zero attached hydrogens (tertiary/aromatic N) is 5. The van der Waals surface area contributed by atoms with E-state index >= 15 is 0 Å². The second-order valence-electron chi connectivity index (χ2n) is 7.03. The van der Waals surface area contributed by atoms with E-state index in [1.165, 1.54) is 5.56 Å². The van der Waals surface area contributed by atoms with E-state index in [0.29, 0.717) is 11.9 Å². The van der Waals surface area contributed by atoms with E-state index in [9.17, 15) is 5.11 Å². The third kappa shape index (κ3) is 3.42. The second-order valence-corrected chi connectivity index (χ2v) is 7.03. The number of likely N-dealkylation sites (N-methyl/N-ethyl adjacent to an activating group) is 1. The Hall–Kier alpha value is -2.09. The molecule has 2 aliphatic rings. The van der Waals surface area contributed by atoms with E-state index < -0.39 is 0 Å². The number of aliphatic hydroxyl groups is 1. The van der Waals surface area contributed by atoms with Gasteiger partial charge in [0.1, 0.15) is 11.5 Å². The van der Waals surface area contributed by atoms with Crippen LogP contribution in [0.15, 0.2) is 24.4 Å². The standard InChI is InChI=1S/C19H26N6O/c1-24-9-10-25(13-14(24)6-11-26)19-15-5-8-20-12-17(15)22-18(23-19)16-4-2-3-7-21-16/h2-4,7,14,20,26H,5-6,8-13H2,1H3. The van der Waals surface area contributed by atoms with E-state index in [1.807, 2.05) is 18.2 Å². The molecule has 4 rings (SSSR count). The van der Waals surface area contributed by atoms with E-state index in [0.717, 1.165) is 62.8 Å². The van der Waals surface area contributed by atoms with Gasteiger partial charge in [-0.3, -0.25) is 9.88 Å². The minimum atomic E-state index is 0.216. The Balaban J connectivity index is 1.72. The van der Waals surface area contributed by atoms with Crippen molar-refractivity contribution in [2.24, 2.45) is 0 Å². The highest BCUT2D eigenvalue weighted by Crippen LogP contribution is 2.28. The van der Waals surface area contributed by atoms with Gasteiger partial charge >= 0.3 is 0 Å². The van der Waals surface area contributed by atoms with Crippen LogP contribution in [0.3, 0.4) is 0 Å². The maximum atomic E-state index is 9.39. The molecule has 138 valence electrons. The first-order chi connectivity index (χ1) is 12.8. The molecule has 2 N–H and O–H groups in total. The van der Waals surface area contributed by atoms with Gasteiger partial charge in [0.25, 0.3) is 0 Å². The molecule has 2 aliphatic heterocycles. The quantitative estimate of drug-likeness (QED) is 0.836. The Morgan fingerprint density at radius 3 is 3.00 bits per heavy atom. The molecule has 1 fully saturated rings. The number of pyridine rings is 1. The number of rotatable bonds is 4. The van der Waals surface area contributed by atoms with Crippen molar-refractivity contribution in [3.63, 3.8) is 0 Å². The van der Waals surface area contributed by atoms with Gasteiger partial charge in [-0.25, -0.2) is 9.97 Å². The smallest absolute Gasteiger partial charge is 0.180 e. The summed E-state index contributed by atoms with van der Waals surface area (Å²) in [5.41, 5.74) is 3.15. The molecule has 1 unspecified atom stereocenters. The van der Waals surface area contributed by atoms with Crippen molar-refractivity contribution in [2.45, 2.75) is 25.4 Å². The van der Waals surface area contributed by atoms with Gasteiger partial charge in [-0.1, -0.05) is 6.07 Å². The van der Waals surface area contributed by atoms with Crippen LogP contribution < -0.4 is 10.2 Å². The third-order valence-corrected chi connectivity index (χ3v) is 5.35. The molecule has 26 heavy (non-hydrogen) atoms. The molecule has 1 atom stereocenters. The van der Waals surface area contributed by atoms with E-state index in [2.05, 4.69) is 27.1 Å². The Morgan fingerprint density at radius 2 is 2.19 bits per heavy atom. The summed E-state index contributed by atoms with van der Waals surface area (Å²) in [4.78, 5) is 18.9. The van der Waals surface area contributed by atoms with Crippen molar-refractivity contribution < 1.29 is 5.11 Å². The van der Waals surface area contributed by atoms with Crippen molar-refractivity contribution in [3.05, 3.63) is 35.7 Å². The van der Waals surface area contributed by atoms with Crippen LogP contribution in [0.5, 0.6) is 0 Å². The molecule has 0 aliphatic carbocycles. The number of aliphatic hydroxyl groups excluding tert-OH is 1. The first-order valence-electron chi connectivity index (χ1n) is 9.34. The average Bonchev–Trinajstić information content (AvgIpc) is 2.70. The van der Waals surface area contributed by atoms with Gasteiger partial charge in [0.15, 0.2) is 5.82 Å². The SMILES string of the molecule is CN1CCN(c2nc(-c3ccccn3)nc3c2CCNC3)CC1CCO. The lowest BCUT2D eigenvalue weighted by Gasteiger charge is -2.41. The van der Waals surface area contributed by atoms with Gasteiger partial charge in [0, 0.05) is 50.6 Å². The number of nitrogens with one attached hydrogen (secondary N) is 1. The lowest BCUT2D eigenvalue weighted by Crippen LogP contribution is -2.52. The van der Waals surface area contributed by atoms with Gasteiger partial charge in [0.2, 0.25) is 0 Å². The maximum Gasteiger partial charge on any atom is 0.180 e. The van der Waals surface area contributed by atoms with Crippen LogP contribution in [-0.2, 0) is 13.0 Å². The normalized spacial score (nSPS) is 20.8. The minimum Gasteiger partial charge on any atom is -0.396 e. The molecule has 2 aromatic rings. The zero-order valence-corrected chi connectivity index (χ0v) is 15.2. The Labute approximate surface area is 154 Å². The first-order valence-corrected chi connectivity index (χ1v) is 9.34. The van der Waals surface area contributed by atoms with Crippen LogP contribution in [0, 0.1) is 0 Å². The predicted molar refractivity (Wildman–Crippen MR) is 101 cm³/mol. The number of hydrogen-bond acceptors (Lipinski definition) is 7. The van der Waals surface area contributed by atoms with Crippen molar-refractivity contribution in [3.8, 4) is 11.5 Å². The molecular weight excluding hydrogens is 328 g/mol. The molecule has 0 aromatic carbocycles. The first kappa shape index (κ1) is 17.3.